The Bertz CT molecular complexity index is 2060. The van der Waals surface area contributed by atoms with Crippen molar-refractivity contribution in [1.82, 2.24) is 9.80 Å². The summed E-state index contributed by atoms with van der Waals surface area (Å²) in [6.45, 7) is 4.57. The molecule has 2 heterocycles. The number of nitrogens with one attached hydrogen (secondary N) is 1. The van der Waals surface area contributed by atoms with E-state index in [9.17, 15) is 31.2 Å². The maximum atomic E-state index is 12.8. The van der Waals surface area contributed by atoms with E-state index >= 15 is 0 Å². The third-order valence-corrected chi connectivity index (χ3v) is 15.6. The fraction of sp³-hybridized carbons (Fsp3) is 0.610. The molecule has 2 unspecified atom stereocenters. The van der Waals surface area contributed by atoms with Gasteiger partial charge in [0.1, 0.15) is 11.5 Å². The van der Waals surface area contributed by atoms with Gasteiger partial charge < -0.3 is 19.9 Å². The number of ether oxygens (including phenoxy) is 1. The molecule has 2 aromatic carbocycles. The van der Waals surface area contributed by atoms with Gasteiger partial charge in [-0.25, -0.2) is 22.0 Å². The highest BCUT2D eigenvalue weighted by Gasteiger charge is 2.34. The molecule has 6 aliphatic rings. The number of carbonyl (C=O) groups excluding carboxylic acids is 3. The van der Waals surface area contributed by atoms with Gasteiger partial charge in [-0.1, -0.05) is 12.1 Å². The van der Waals surface area contributed by atoms with E-state index in [1.54, 1.807) is 4.90 Å². The van der Waals surface area contributed by atoms with Gasteiger partial charge in [0.2, 0.25) is 27.7 Å². The van der Waals surface area contributed by atoms with Crippen molar-refractivity contribution in [2.24, 2.45) is 5.14 Å². The Kier molecular flexibility index (Phi) is 13.1. The van der Waals surface area contributed by atoms with E-state index in [2.05, 4.69) is 17.4 Å². The normalized spacial score (nSPS) is 20.9. The molecule has 15 heteroatoms. The Morgan fingerprint density at radius 3 is 1.59 bits per heavy atom. The summed E-state index contributed by atoms with van der Waals surface area (Å²) >= 11 is 0. The quantitative estimate of drug-likeness (QED) is 0.408. The minimum Gasteiger partial charge on any atom is -0.387 e. The molecular formula is C41H55N5O8S2. The third kappa shape index (κ3) is 9.57. The van der Waals surface area contributed by atoms with E-state index in [0.717, 1.165) is 75.6 Å². The maximum Gasteiger partial charge on any atom is 0.292 e. The summed E-state index contributed by atoms with van der Waals surface area (Å²) in [5, 5.41) is 15.5. The summed E-state index contributed by atoms with van der Waals surface area (Å²) in [6.07, 6.45) is 17.3. The summed E-state index contributed by atoms with van der Waals surface area (Å²) in [4.78, 5) is 38.4. The van der Waals surface area contributed by atoms with Crippen LogP contribution in [0.2, 0.25) is 0 Å². The van der Waals surface area contributed by atoms with Crippen molar-refractivity contribution in [3.63, 3.8) is 0 Å². The number of amides is 3. The molecular weight excluding hydrogens is 755 g/mol. The number of fused-ring (bicyclic) bond motifs is 4. The van der Waals surface area contributed by atoms with Crippen molar-refractivity contribution in [3.05, 3.63) is 56.6 Å². The predicted octanol–water partition coefficient (Wildman–Crippen LogP) is 3.84. The number of aryl methyl sites for hydroxylation is 4. The zero-order valence-electron chi connectivity index (χ0n) is 32.7. The van der Waals surface area contributed by atoms with Gasteiger partial charge in [0.15, 0.2) is 9.84 Å². The van der Waals surface area contributed by atoms with Gasteiger partial charge in [0.25, 0.3) is 6.26 Å². The Morgan fingerprint density at radius 2 is 1.14 bits per heavy atom. The number of anilines is 1. The number of hydrogen-bond acceptors (Lipinski definition) is 9. The summed E-state index contributed by atoms with van der Waals surface area (Å²) < 4.78 is 52.8. The number of likely N-dealkylation sites (tertiary alicyclic amines) is 2. The molecule has 3 N–H and O–H groups in total. The maximum absolute atomic E-state index is 12.8. The van der Waals surface area contributed by atoms with Gasteiger partial charge in [-0.2, -0.15) is 0 Å². The van der Waals surface area contributed by atoms with Crippen LogP contribution in [0.25, 0.3) is 0 Å². The number of hydrogen-bond donors (Lipinski definition) is 2. The molecule has 4 aliphatic carbocycles. The summed E-state index contributed by atoms with van der Waals surface area (Å²) in [7, 11) is -7.09. The van der Waals surface area contributed by atoms with Crippen LogP contribution in [-0.2, 0) is 85.6 Å². The van der Waals surface area contributed by atoms with E-state index in [4.69, 9.17) is 15.1 Å². The molecule has 2 aliphatic heterocycles. The van der Waals surface area contributed by atoms with Crippen LogP contribution in [0.5, 0.6) is 5.75 Å². The van der Waals surface area contributed by atoms with Crippen LogP contribution in [0.3, 0.4) is 0 Å². The molecule has 0 saturated carbocycles. The molecule has 2 atom stereocenters. The number of primary sulfonamides is 1. The molecule has 304 valence electrons. The van der Waals surface area contributed by atoms with Crippen LogP contribution in [0.15, 0.2) is 12.1 Å². The van der Waals surface area contributed by atoms with Gasteiger partial charge in [-0.05, 0) is 147 Å². The van der Waals surface area contributed by atoms with Crippen LogP contribution in [0.1, 0.15) is 110 Å². The van der Waals surface area contributed by atoms with Gasteiger partial charge >= 0.3 is 0 Å². The number of sulfone groups is 1. The lowest BCUT2D eigenvalue weighted by atomic mass is 9.98. The van der Waals surface area contributed by atoms with E-state index < -0.39 is 42.0 Å². The van der Waals surface area contributed by atoms with E-state index in [-0.39, 0.29) is 24.9 Å². The van der Waals surface area contributed by atoms with Crippen molar-refractivity contribution < 1.29 is 36.0 Å². The van der Waals surface area contributed by atoms with Crippen molar-refractivity contribution >= 4 is 43.3 Å². The minimum absolute atomic E-state index is 0.0895. The van der Waals surface area contributed by atoms with Crippen LogP contribution >= 0.6 is 0 Å². The van der Waals surface area contributed by atoms with Crippen molar-refractivity contribution in [2.45, 2.75) is 127 Å². The lowest BCUT2D eigenvalue weighted by Crippen LogP contribution is -2.46. The number of nitrogens with zero attached hydrogens (tertiary/aromatic N) is 3. The van der Waals surface area contributed by atoms with Crippen LogP contribution < -0.4 is 15.2 Å². The second-order valence-corrected chi connectivity index (χ2v) is 20.1. The number of nitriles is 1. The van der Waals surface area contributed by atoms with Gasteiger partial charge in [0, 0.05) is 45.7 Å². The lowest BCUT2D eigenvalue weighted by molar-refractivity contribution is -0.130. The summed E-state index contributed by atoms with van der Waals surface area (Å²) in [5.74, 6) is -0.260. The van der Waals surface area contributed by atoms with Crippen molar-refractivity contribution in [3.8, 4) is 12.0 Å². The number of rotatable bonds is 6. The molecule has 0 bridgehead atoms. The Labute approximate surface area is 331 Å². The zero-order chi connectivity index (χ0) is 40.2. The predicted molar refractivity (Wildman–Crippen MR) is 213 cm³/mol. The highest BCUT2D eigenvalue weighted by molar-refractivity contribution is 7.92. The van der Waals surface area contributed by atoms with Crippen LogP contribution in [-0.4, -0.2) is 86.8 Å². The van der Waals surface area contributed by atoms with E-state index in [1.165, 1.54) is 76.1 Å². The first kappa shape index (κ1) is 41.6. The largest absolute Gasteiger partial charge is 0.387 e. The van der Waals surface area contributed by atoms with E-state index in [0.29, 0.717) is 38.8 Å². The van der Waals surface area contributed by atoms with Crippen LogP contribution in [0, 0.1) is 11.5 Å². The third-order valence-electron chi connectivity index (χ3n) is 12.3. The first-order valence-electron chi connectivity index (χ1n) is 20.1. The molecule has 0 aromatic heterocycles. The lowest BCUT2D eigenvalue weighted by Gasteiger charge is -2.31. The minimum atomic E-state index is -3.60. The first-order chi connectivity index (χ1) is 26.7. The average molecular weight is 810 g/mol. The second-order valence-electron chi connectivity index (χ2n) is 16.0. The fourth-order valence-electron chi connectivity index (χ4n) is 9.39. The molecule has 0 radical (unpaired) electrons. The van der Waals surface area contributed by atoms with Crippen molar-refractivity contribution in [1.29, 1.82) is 5.26 Å². The van der Waals surface area contributed by atoms with Gasteiger partial charge in [-0.15, -0.1) is 5.26 Å². The molecule has 8 rings (SSSR count). The van der Waals surface area contributed by atoms with Crippen molar-refractivity contribution in [2.75, 3.05) is 37.2 Å². The highest BCUT2D eigenvalue weighted by Crippen LogP contribution is 2.40. The fourth-order valence-corrected chi connectivity index (χ4v) is 11.9. The molecule has 2 aromatic rings. The number of nitrogens with two attached hydrogens (primary N) is 1. The first-order valence-corrected chi connectivity index (χ1v) is 23.4. The number of sulfonamides is 1. The summed E-state index contributed by atoms with van der Waals surface area (Å²) in [5.41, 5.74) is 11.3. The molecule has 2 fully saturated rings. The molecule has 2 saturated heterocycles. The zero-order valence-corrected chi connectivity index (χ0v) is 34.3. The Balaban J connectivity index is 0.000000159. The van der Waals surface area contributed by atoms with Gasteiger partial charge in [0.05, 0.1) is 10.5 Å². The molecule has 3 amide bonds. The van der Waals surface area contributed by atoms with Gasteiger partial charge in [-0.3, -0.25) is 14.4 Å². The summed E-state index contributed by atoms with van der Waals surface area (Å²) in [6, 6.07) is 4.63. The Morgan fingerprint density at radius 1 is 0.714 bits per heavy atom. The average Bonchev–Trinajstić information content (AvgIpc) is 3.99. The topological polar surface area (TPSA) is 197 Å². The number of benzene rings is 2. The number of piperidine rings is 2. The highest BCUT2D eigenvalue weighted by atomic mass is 32.2. The Hall–Kier alpha value is -4.00. The monoisotopic (exact) mass is 809 g/mol. The SMILES string of the molecule is CC(=O)N1CCCC(S(=O)(=O)CC(=O)Nc2c3c(cc4c2CCC4)CCC3)C1.CC(=O)N1CCCC(S(N)(=O)=O)C1.N#COc1c2c(cc3c1CCC3)CCC2. The number of carbonyl (C=O) groups is 3. The second kappa shape index (κ2) is 17.6. The molecule has 0 spiro atoms. The smallest absolute Gasteiger partial charge is 0.292 e. The van der Waals surface area contributed by atoms with Crippen LogP contribution in [0.4, 0.5) is 5.69 Å². The van der Waals surface area contributed by atoms with E-state index in [1.807, 2.05) is 6.26 Å². The molecule has 56 heavy (non-hydrogen) atoms. The standard InChI is InChI=1S/C21H28N2O4S.C13H13NO.C7H14N2O3S/c1-14(24)23-10-4-7-17(12-23)28(26,27)13-20(25)22-21-18-8-2-5-15(18)11-16-6-3-9-19(16)21;14-8-15-13-11-5-1-3-9(11)7-10-4-2-6-12(10)13;1-6(10)9-4-2-3-7(5-9)13(8,11)12/h11,17H,2-10,12-13H2,1H3,(H,22,25);7H,1-6H2;7H,2-5H2,1H3,(H2,8,11,12). The molecule has 13 nitrogen and oxygen atoms in total.